The topological polar surface area (TPSA) is 78.9 Å². The van der Waals surface area contributed by atoms with Crippen molar-refractivity contribution in [1.29, 1.82) is 0 Å². The van der Waals surface area contributed by atoms with Crippen molar-refractivity contribution in [1.82, 2.24) is 0 Å². The van der Waals surface area contributed by atoms with Gasteiger partial charge in [0.15, 0.2) is 6.10 Å². The van der Waals surface area contributed by atoms with E-state index < -0.39 is 6.10 Å². The Morgan fingerprint density at radius 3 is 1.03 bits per heavy atom. The third kappa shape index (κ3) is 48.1. The van der Waals surface area contributed by atoms with Crippen molar-refractivity contribution in [2.24, 2.45) is 0 Å². The molecule has 6 nitrogen and oxygen atoms in total. The molecular weight excluding hydrogens is 769 g/mol. The molecule has 6 heteroatoms. The van der Waals surface area contributed by atoms with Crippen molar-refractivity contribution < 1.29 is 28.6 Å². The minimum Gasteiger partial charge on any atom is -0.462 e. The molecule has 1 atom stereocenters. The number of esters is 3. The van der Waals surface area contributed by atoms with Crippen molar-refractivity contribution in [3.63, 3.8) is 0 Å². The number of allylic oxidation sites excluding steroid dienone is 10. The lowest BCUT2D eigenvalue weighted by Gasteiger charge is -2.18. The predicted octanol–water partition coefficient (Wildman–Crippen LogP) is 17.3. The van der Waals surface area contributed by atoms with Gasteiger partial charge in [0.05, 0.1) is 0 Å². The van der Waals surface area contributed by atoms with Crippen LogP contribution >= 0.6 is 0 Å². The van der Waals surface area contributed by atoms with E-state index in [-0.39, 0.29) is 31.1 Å². The third-order valence-corrected chi connectivity index (χ3v) is 11.2. The maximum atomic E-state index is 12.8. The summed E-state index contributed by atoms with van der Waals surface area (Å²) in [5.74, 6) is -0.911. The molecule has 0 aromatic rings. The lowest BCUT2D eigenvalue weighted by Crippen LogP contribution is -2.30. The highest BCUT2D eigenvalue weighted by atomic mass is 16.6. The summed E-state index contributed by atoms with van der Waals surface area (Å²) in [6, 6.07) is 0. The van der Waals surface area contributed by atoms with E-state index in [4.69, 9.17) is 14.2 Å². The number of ether oxygens (including phenoxy) is 3. The Kier molecular flexibility index (Phi) is 48.4. The monoisotopic (exact) mass is 867 g/mol. The summed E-state index contributed by atoms with van der Waals surface area (Å²) in [6.07, 6.45) is 62.0. The summed E-state index contributed by atoms with van der Waals surface area (Å²) in [7, 11) is 0. The molecule has 0 amide bonds. The van der Waals surface area contributed by atoms with E-state index in [1.807, 2.05) is 0 Å². The first-order valence-corrected chi connectivity index (χ1v) is 26.3. The second kappa shape index (κ2) is 50.8. The van der Waals surface area contributed by atoms with Gasteiger partial charge >= 0.3 is 17.9 Å². The molecule has 0 radical (unpaired) electrons. The summed E-state index contributed by atoms with van der Waals surface area (Å²) in [5.41, 5.74) is 0. The average Bonchev–Trinajstić information content (AvgIpc) is 3.27. The van der Waals surface area contributed by atoms with E-state index in [2.05, 4.69) is 81.5 Å². The largest absolute Gasteiger partial charge is 0.462 e. The maximum Gasteiger partial charge on any atom is 0.306 e. The molecule has 0 rings (SSSR count). The third-order valence-electron chi connectivity index (χ3n) is 11.2. The van der Waals surface area contributed by atoms with Crippen LogP contribution in [0.25, 0.3) is 0 Å². The molecule has 0 bridgehead atoms. The van der Waals surface area contributed by atoms with Crippen molar-refractivity contribution in [2.45, 2.75) is 264 Å². The first kappa shape index (κ1) is 59.1. The Balaban J connectivity index is 4.41. The lowest BCUT2D eigenvalue weighted by molar-refractivity contribution is -0.167. The number of hydrogen-bond acceptors (Lipinski definition) is 6. The van der Waals surface area contributed by atoms with Crippen molar-refractivity contribution in [3.8, 4) is 0 Å². The molecular formula is C56H98O6. The van der Waals surface area contributed by atoms with Gasteiger partial charge in [0.2, 0.25) is 0 Å². The van der Waals surface area contributed by atoms with E-state index in [1.165, 1.54) is 116 Å². The fraction of sp³-hybridized carbons (Fsp3) is 0.768. The molecule has 0 saturated heterocycles. The van der Waals surface area contributed by atoms with Gasteiger partial charge in [-0.15, -0.1) is 0 Å². The van der Waals surface area contributed by atoms with Gasteiger partial charge in [-0.25, -0.2) is 0 Å². The van der Waals surface area contributed by atoms with Gasteiger partial charge in [0.1, 0.15) is 13.2 Å². The number of carbonyl (C=O) groups excluding carboxylic acids is 3. The van der Waals surface area contributed by atoms with Crippen LogP contribution < -0.4 is 0 Å². The second-order valence-electron chi connectivity index (χ2n) is 17.4. The van der Waals surface area contributed by atoms with Crippen LogP contribution in [0.4, 0.5) is 0 Å². The highest BCUT2D eigenvalue weighted by Gasteiger charge is 2.19. The Morgan fingerprint density at radius 2 is 0.629 bits per heavy atom. The summed E-state index contributed by atoms with van der Waals surface area (Å²) >= 11 is 0. The minimum atomic E-state index is -0.786. The van der Waals surface area contributed by atoms with Gasteiger partial charge < -0.3 is 14.2 Å². The Hall–Kier alpha value is -2.89. The summed E-state index contributed by atoms with van der Waals surface area (Å²) in [4.78, 5) is 38.0. The molecule has 0 aliphatic carbocycles. The molecule has 0 fully saturated rings. The summed E-state index contributed by atoms with van der Waals surface area (Å²) < 4.78 is 16.8. The number of unbranched alkanes of at least 4 members (excludes halogenated alkanes) is 26. The minimum absolute atomic E-state index is 0.0859. The van der Waals surface area contributed by atoms with Gasteiger partial charge in [-0.05, 0) is 103 Å². The second-order valence-corrected chi connectivity index (χ2v) is 17.4. The van der Waals surface area contributed by atoms with Crippen LogP contribution in [-0.4, -0.2) is 37.2 Å². The van der Waals surface area contributed by atoms with Crippen LogP contribution in [-0.2, 0) is 28.6 Å². The van der Waals surface area contributed by atoms with Crippen LogP contribution in [0, 0.1) is 0 Å². The predicted molar refractivity (Wildman–Crippen MR) is 265 cm³/mol. The van der Waals surface area contributed by atoms with Crippen LogP contribution in [0.3, 0.4) is 0 Å². The van der Waals surface area contributed by atoms with Gasteiger partial charge in [-0.1, -0.05) is 197 Å². The zero-order valence-corrected chi connectivity index (χ0v) is 40.9. The lowest BCUT2D eigenvalue weighted by atomic mass is 10.1. The Bertz CT molecular complexity index is 1130. The molecule has 358 valence electrons. The van der Waals surface area contributed by atoms with Crippen LogP contribution in [0.1, 0.15) is 258 Å². The fourth-order valence-electron chi connectivity index (χ4n) is 7.27. The molecule has 62 heavy (non-hydrogen) atoms. The van der Waals surface area contributed by atoms with E-state index in [0.717, 1.165) is 103 Å². The van der Waals surface area contributed by atoms with Gasteiger partial charge in [-0.3, -0.25) is 14.4 Å². The van der Waals surface area contributed by atoms with E-state index in [9.17, 15) is 14.4 Å². The highest BCUT2D eigenvalue weighted by molar-refractivity contribution is 5.71. The van der Waals surface area contributed by atoms with Gasteiger partial charge in [-0.2, -0.15) is 0 Å². The highest BCUT2D eigenvalue weighted by Crippen LogP contribution is 2.14. The van der Waals surface area contributed by atoms with Crippen molar-refractivity contribution in [3.05, 3.63) is 60.8 Å². The van der Waals surface area contributed by atoms with Crippen LogP contribution in [0.2, 0.25) is 0 Å². The Labute approximate surface area is 383 Å². The summed E-state index contributed by atoms with van der Waals surface area (Å²) in [6.45, 7) is 6.48. The molecule has 0 heterocycles. The molecule has 0 aromatic heterocycles. The molecule has 0 spiro atoms. The first-order valence-electron chi connectivity index (χ1n) is 26.3. The van der Waals surface area contributed by atoms with Crippen molar-refractivity contribution >= 4 is 17.9 Å². The molecule has 0 saturated carbocycles. The normalized spacial score (nSPS) is 12.5. The van der Waals surface area contributed by atoms with E-state index >= 15 is 0 Å². The molecule has 0 aromatic carbocycles. The zero-order valence-electron chi connectivity index (χ0n) is 40.9. The smallest absolute Gasteiger partial charge is 0.306 e. The molecule has 0 aliphatic heterocycles. The fourth-order valence-corrected chi connectivity index (χ4v) is 7.27. The number of carbonyl (C=O) groups is 3. The maximum absolute atomic E-state index is 12.8. The quantitative estimate of drug-likeness (QED) is 0.0262. The number of hydrogen-bond donors (Lipinski definition) is 0. The Morgan fingerprint density at radius 1 is 0.339 bits per heavy atom. The van der Waals surface area contributed by atoms with Gasteiger partial charge in [0, 0.05) is 19.3 Å². The standard InChI is InChI=1S/C56H98O6/c1-4-7-10-13-16-19-22-25-27-29-31-34-37-40-43-46-49-55(58)61-52-53(51-60-54(57)48-45-42-39-36-33-24-21-18-15-12-9-6-3)62-56(59)50-47-44-41-38-35-32-30-28-26-23-20-17-14-11-8-5-2/h7,10,16,18-19,21,25,27-28,30,53H,4-6,8-9,11-15,17,20,22-24,26,29,31-52H2,1-3H3/b10-7-,19-16-,21-18-,27-25-,30-28-. The number of rotatable bonds is 47. The van der Waals surface area contributed by atoms with Crippen LogP contribution in [0.5, 0.6) is 0 Å². The zero-order chi connectivity index (χ0) is 45.1. The van der Waals surface area contributed by atoms with E-state index in [1.54, 1.807) is 0 Å². The van der Waals surface area contributed by atoms with E-state index in [0.29, 0.717) is 19.3 Å². The average molecular weight is 867 g/mol. The van der Waals surface area contributed by atoms with Gasteiger partial charge in [0.25, 0.3) is 0 Å². The van der Waals surface area contributed by atoms with Crippen molar-refractivity contribution in [2.75, 3.05) is 13.2 Å². The summed E-state index contributed by atoms with van der Waals surface area (Å²) in [5, 5.41) is 0. The van der Waals surface area contributed by atoms with Crippen LogP contribution in [0.15, 0.2) is 60.8 Å². The molecule has 1 unspecified atom stereocenters. The molecule has 0 aliphatic rings. The first-order chi connectivity index (χ1) is 30.5. The SMILES string of the molecule is CC/C=C\C/C=C\C/C=C\CCCCCCCCC(=O)OCC(COC(=O)CCCCCCC/C=C\CCCCC)OC(=O)CCCCCCC/C=C\CCCCCCCCC. The molecule has 0 N–H and O–H groups in total.